The molecule has 0 amide bonds. The molecular weight excluding hydrogens is 242 g/mol. The summed E-state index contributed by atoms with van der Waals surface area (Å²) in [5.41, 5.74) is 2.16. The third kappa shape index (κ3) is 6.27. The lowest BCUT2D eigenvalue weighted by Gasteiger charge is -2.10. The SMILES string of the molecule is C=C(C)COCCNCc1cc(OC)cc(OC)c1. The van der Waals surface area contributed by atoms with Crippen LogP contribution in [-0.4, -0.2) is 34.0 Å². The number of nitrogens with one attached hydrogen (secondary N) is 1. The fourth-order valence-electron chi connectivity index (χ4n) is 1.59. The maximum atomic E-state index is 5.41. The number of benzene rings is 1. The molecule has 106 valence electrons. The zero-order valence-corrected chi connectivity index (χ0v) is 12.0. The first-order valence-electron chi connectivity index (χ1n) is 6.30. The van der Waals surface area contributed by atoms with E-state index in [1.165, 1.54) is 0 Å². The quantitative estimate of drug-likeness (QED) is 0.550. The third-order valence-corrected chi connectivity index (χ3v) is 2.51. The second kappa shape index (κ2) is 8.56. The van der Waals surface area contributed by atoms with Crippen molar-refractivity contribution in [3.63, 3.8) is 0 Å². The molecule has 1 aromatic rings. The molecule has 0 atom stereocenters. The van der Waals surface area contributed by atoms with Gasteiger partial charge in [-0.25, -0.2) is 0 Å². The van der Waals surface area contributed by atoms with Crippen LogP contribution in [0.1, 0.15) is 12.5 Å². The topological polar surface area (TPSA) is 39.7 Å². The van der Waals surface area contributed by atoms with E-state index < -0.39 is 0 Å². The van der Waals surface area contributed by atoms with Gasteiger partial charge >= 0.3 is 0 Å². The Labute approximate surface area is 115 Å². The van der Waals surface area contributed by atoms with E-state index in [2.05, 4.69) is 11.9 Å². The van der Waals surface area contributed by atoms with Crippen molar-refractivity contribution in [1.82, 2.24) is 5.32 Å². The normalized spacial score (nSPS) is 10.3. The van der Waals surface area contributed by atoms with Gasteiger partial charge in [0.15, 0.2) is 0 Å². The first-order valence-corrected chi connectivity index (χ1v) is 6.30. The average molecular weight is 265 g/mol. The number of rotatable bonds is 9. The molecule has 4 nitrogen and oxygen atoms in total. The summed E-state index contributed by atoms with van der Waals surface area (Å²) in [4.78, 5) is 0. The molecule has 1 rings (SSSR count). The zero-order chi connectivity index (χ0) is 14.1. The predicted molar refractivity (Wildman–Crippen MR) is 76.9 cm³/mol. The summed E-state index contributed by atoms with van der Waals surface area (Å²) >= 11 is 0. The molecule has 19 heavy (non-hydrogen) atoms. The predicted octanol–water partition coefficient (Wildman–Crippen LogP) is 2.39. The van der Waals surface area contributed by atoms with Gasteiger partial charge in [-0.1, -0.05) is 12.2 Å². The van der Waals surface area contributed by atoms with Crippen molar-refractivity contribution < 1.29 is 14.2 Å². The Bertz CT molecular complexity index is 382. The number of ether oxygens (including phenoxy) is 3. The molecule has 0 saturated heterocycles. The number of hydrogen-bond acceptors (Lipinski definition) is 4. The van der Waals surface area contributed by atoms with Gasteiger partial charge in [-0.15, -0.1) is 0 Å². The highest BCUT2D eigenvalue weighted by molar-refractivity contribution is 5.38. The molecule has 0 spiro atoms. The van der Waals surface area contributed by atoms with Crippen molar-refractivity contribution in [2.45, 2.75) is 13.5 Å². The van der Waals surface area contributed by atoms with Gasteiger partial charge < -0.3 is 19.5 Å². The molecule has 4 heteroatoms. The van der Waals surface area contributed by atoms with Crippen LogP contribution in [0.4, 0.5) is 0 Å². The van der Waals surface area contributed by atoms with E-state index in [1.807, 2.05) is 25.1 Å². The fraction of sp³-hybridized carbons (Fsp3) is 0.467. The summed E-state index contributed by atoms with van der Waals surface area (Å²) in [6.45, 7) is 8.59. The van der Waals surface area contributed by atoms with Crippen molar-refractivity contribution in [2.75, 3.05) is 34.0 Å². The smallest absolute Gasteiger partial charge is 0.122 e. The third-order valence-electron chi connectivity index (χ3n) is 2.51. The Morgan fingerprint density at radius 2 is 1.79 bits per heavy atom. The highest BCUT2D eigenvalue weighted by Crippen LogP contribution is 2.22. The van der Waals surface area contributed by atoms with Gasteiger partial charge in [0.25, 0.3) is 0 Å². The molecule has 0 saturated carbocycles. The maximum Gasteiger partial charge on any atom is 0.122 e. The molecule has 1 aromatic carbocycles. The molecular formula is C15H23NO3. The van der Waals surface area contributed by atoms with E-state index in [-0.39, 0.29) is 0 Å². The minimum Gasteiger partial charge on any atom is -0.497 e. The van der Waals surface area contributed by atoms with Crippen LogP contribution in [0.2, 0.25) is 0 Å². The summed E-state index contributed by atoms with van der Waals surface area (Å²) in [5, 5.41) is 3.31. The van der Waals surface area contributed by atoms with Gasteiger partial charge in [-0.05, 0) is 24.6 Å². The fourth-order valence-corrected chi connectivity index (χ4v) is 1.59. The van der Waals surface area contributed by atoms with Crippen LogP contribution < -0.4 is 14.8 Å². The molecule has 0 heterocycles. The Balaban J connectivity index is 2.34. The van der Waals surface area contributed by atoms with E-state index in [4.69, 9.17) is 14.2 Å². The minimum atomic E-state index is 0.620. The summed E-state index contributed by atoms with van der Waals surface area (Å²) in [6.07, 6.45) is 0. The lowest BCUT2D eigenvalue weighted by Crippen LogP contribution is -2.19. The van der Waals surface area contributed by atoms with E-state index in [0.29, 0.717) is 13.2 Å². The van der Waals surface area contributed by atoms with E-state index in [0.717, 1.165) is 35.7 Å². The lowest BCUT2D eigenvalue weighted by molar-refractivity contribution is 0.157. The Kier molecular flexibility index (Phi) is 7.00. The van der Waals surface area contributed by atoms with Crippen molar-refractivity contribution >= 4 is 0 Å². The van der Waals surface area contributed by atoms with Crippen molar-refractivity contribution in [1.29, 1.82) is 0 Å². The van der Waals surface area contributed by atoms with Gasteiger partial charge in [-0.2, -0.15) is 0 Å². The molecule has 1 N–H and O–H groups in total. The molecule has 0 aliphatic heterocycles. The van der Waals surface area contributed by atoms with Crippen molar-refractivity contribution in [2.24, 2.45) is 0 Å². The van der Waals surface area contributed by atoms with Gasteiger partial charge in [0.1, 0.15) is 11.5 Å². The molecule has 0 aliphatic carbocycles. The monoisotopic (exact) mass is 265 g/mol. The first kappa shape index (κ1) is 15.5. The molecule has 0 aromatic heterocycles. The summed E-state index contributed by atoms with van der Waals surface area (Å²) < 4.78 is 15.9. The molecule has 0 radical (unpaired) electrons. The van der Waals surface area contributed by atoms with Crippen LogP contribution in [-0.2, 0) is 11.3 Å². The Morgan fingerprint density at radius 1 is 1.16 bits per heavy atom. The van der Waals surface area contributed by atoms with Crippen LogP contribution in [0.25, 0.3) is 0 Å². The standard InChI is InChI=1S/C15H23NO3/c1-12(2)11-19-6-5-16-10-13-7-14(17-3)9-15(8-13)18-4/h7-9,16H,1,5-6,10-11H2,2-4H3. The van der Waals surface area contributed by atoms with Crippen molar-refractivity contribution in [3.05, 3.63) is 35.9 Å². The highest BCUT2D eigenvalue weighted by Gasteiger charge is 2.01. The Hall–Kier alpha value is -1.52. The van der Waals surface area contributed by atoms with Gasteiger partial charge in [0.05, 0.1) is 27.4 Å². The second-order valence-electron chi connectivity index (χ2n) is 4.41. The Morgan fingerprint density at radius 3 is 2.32 bits per heavy atom. The van der Waals surface area contributed by atoms with E-state index in [9.17, 15) is 0 Å². The summed E-state index contributed by atoms with van der Waals surface area (Å²) in [5.74, 6) is 1.60. The van der Waals surface area contributed by atoms with Crippen LogP contribution >= 0.6 is 0 Å². The summed E-state index contributed by atoms with van der Waals surface area (Å²) in [6, 6.07) is 5.84. The van der Waals surface area contributed by atoms with Gasteiger partial charge in [0, 0.05) is 19.2 Å². The lowest BCUT2D eigenvalue weighted by atomic mass is 10.2. The van der Waals surface area contributed by atoms with Gasteiger partial charge in [-0.3, -0.25) is 0 Å². The van der Waals surface area contributed by atoms with E-state index in [1.54, 1.807) is 14.2 Å². The largest absolute Gasteiger partial charge is 0.497 e. The van der Waals surface area contributed by atoms with E-state index >= 15 is 0 Å². The first-order chi connectivity index (χ1) is 9.15. The minimum absolute atomic E-state index is 0.620. The zero-order valence-electron chi connectivity index (χ0n) is 12.0. The molecule has 0 bridgehead atoms. The van der Waals surface area contributed by atoms with Gasteiger partial charge in [0.2, 0.25) is 0 Å². The molecule has 0 unspecified atom stereocenters. The maximum absolute atomic E-state index is 5.41. The average Bonchev–Trinajstić information content (AvgIpc) is 2.41. The van der Waals surface area contributed by atoms with Crippen LogP contribution in [0.15, 0.2) is 30.4 Å². The van der Waals surface area contributed by atoms with Crippen LogP contribution in [0.5, 0.6) is 11.5 Å². The molecule has 0 aliphatic rings. The van der Waals surface area contributed by atoms with Crippen LogP contribution in [0.3, 0.4) is 0 Å². The van der Waals surface area contributed by atoms with Crippen molar-refractivity contribution in [3.8, 4) is 11.5 Å². The summed E-state index contributed by atoms with van der Waals surface area (Å²) in [7, 11) is 3.30. The molecule has 0 fully saturated rings. The van der Waals surface area contributed by atoms with Crippen LogP contribution in [0, 0.1) is 0 Å². The number of methoxy groups -OCH3 is 2. The second-order valence-corrected chi connectivity index (χ2v) is 4.41. The number of hydrogen-bond donors (Lipinski definition) is 1. The highest BCUT2D eigenvalue weighted by atomic mass is 16.5.